The molecule has 0 aromatic heterocycles. The molecule has 1 N–H and O–H groups in total. The van der Waals surface area contributed by atoms with E-state index in [-0.39, 0.29) is 11.8 Å². The monoisotopic (exact) mass is 410 g/mol. The van der Waals surface area contributed by atoms with Crippen molar-refractivity contribution >= 4 is 11.8 Å². The number of nitrogens with zero attached hydrogens (tertiary/aromatic N) is 1. The zero-order chi connectivity index (χ0) is 21.9. The highest BCUT2D eigenvalue weighted by molar-refractivity contribution is 5.87. The van der Waals surface area contributed by atoms with E-state index in [0.29, 0.717) is 32.4 Å². The summed E-state index contributed by atoms with van der Waals surface area (Å²) in [5.41, 5.74) is 3.30. The molecule has 0 fully saturated rings. The molecule has 30 heavy (non-hydrogen) atoms. The van der Waals surface area contributed by atoms with Crippen molar-refractivity contribution in [3.8, 4) is 5.75 Å². The second-order valence-electron chi connectivity index (χ2n) is 7.57. The molecule has 0 bridgehead atoms. The number of nitrogens with one attached hydrogen (secondary N) is 1. The second-order valence-corrected chi connectivity index (χ2v) is 7.57. The van der Waals surface area contributed by atoms with Crippen molar-refractivity contribution in [2.75, 3.05) is 13.7 Å². The molecular formula is C25H34N2O3. The number of hydrogen-bond donors (Lipinski definition) is 1. The van der Waals surface area contributed by atoms with Crippen molar-refractivity contribution in [3.63, 3.8) is 0 Å². The number of carbonyl (C=O) groups is 2. The molecular weight excluding hydrogens is 376 g/mol. The molecule has 5 heteroatoms. The summed E-state index contributed by atoms with van der Waals surface area (Å²) in [4.78, 5) is 27.7. The van der Waals surface area contributed by atoms with Crippen LogP contribution in [0.1, 0.15) is 49.8 Å². The highest BCUT2D eigenvalue weighted by Crippen LogP contribution is 2.18. The van der Waals surface area contributed by atoms with Crippen molar-refractivity contribution in [2.24, 2.45) is 0 Å². The lowest BCUT2D eigenvalue weighted by Gasteiger charge is -2.31. The molecule has 2 aromatic carbocycles. The van der Waals surface area contributed by atoms with E-state index in [0.717, 1.165) is 23.3 Å². The normalized spacial score (nSPS) is 11.6. The summed E-state index contributed by atoms with van der Waals surface area (Å²) in [5, 5.41) is 2.95. The second kappa shape index (κ2) is 12.0. The van der Waals surface area contributed by atoms with Gasteiger partial charge < -0.3 is 15.0 Å². The Bertz CT molecular complexity index is 800. The van der Waals surface area contributed by atoms with E-state index >= 15 is 0 Å². The molecule has 0 aliphatic carbocycles. The molecule has 162 valence electrons. The maximum Gasteiger partial charge on any atom is 0.242 e. The van der Waals surface area contributed by atoms with Crippen molar-refractivity contribution < 1.29 is 14.3 Å². The summed E-state index contributed by atoms with van der Waals surface area (Å²) in [5.74, 6) is 0.671. The van der Waals surface area contributed by atoms with Gasteiger partial charge in [0.1, 0.15) is 11.8 Å². The SMILES string of the molecule is CCCNC(=O)C(CC)N(Cc1ccc(OC)cc1)C(=O)CCc1ccc(C)cc1. The Morgan fingerprint density at radius 1 is 1.00 bits per heavy atom. The van der Waals surface area contributed by atoms with Crippen molar-refractivity contribution in [2.45, 2.75) is 59.0 Å². The highest BCUT2D eigenvalue weighted by atomic mass is 16.5. The molecule has 2 amide bonds. The van der Waals surface area contributed by atoms with Crippen LogP contribution in [0.2, 0.25) is 0 Å². The summed E-state index contributed by atoms with van der Waals surface area (Å²) < 4.78 is 5.22. The average Bonchev–Trinajstić information content (AvgIpc) is 2.77. The van der Waals surface area contributed by atoms with E-state index in [2.05, 4.69) is 29.6 Å². The fourth-order valence-electron chi connectivity index (χ4n) is 3.36. The van der Waals surface area contributed by atoms with Crippen LogP contribution in [0.3, 0.4) is 0 Å². The van der Waals surface area contributed by atoms with Gasteiger partial charge in [-0.1, -0.05) is 55.8 Å². The molecule has 0 aliphatic heterocycles. The van der Waals surface area contributed by atoms with Crippen LogP contribution in [0.25, 0.3) is 0 Å². The number of methoxy groups -OCH3 is 1. The summed E-state index contributed by atoms with van der Waals surface area (Å²) >= 11 is 0. The number of benzene rings is 2. The minimum atomic E-state index is -0.482. The molecule has 0 spiro atoms. The fourth-order valence-corrected chi connectivity index (χ4v) is 3.36. The van der Waals surface area contributed by atoms with Gasteiger partial charge in [-0.15, -0.1) is 0 Å². The van der Waals surface area contributed by atoms with Gasteiger partial charge in [0.15, 0.2) is 0 Å². The van der Waals surface area contributed by atoms with Crippen LogP contribution in [-0.2, 0) is 22.6 Å². The first-order valence-corrected chi connectivity index (χ1v) is 10.7. The number of rotatable bonds is 11. The van der Waals surface area contributed by atoms with Crippen molar-refractivity contribution in [1.29, 1.82) is 0 Å². The highest BCUT2D eigenvalue weighted by Gasteiger charge is 2.28. The van der Waals surface area contributed by atoms with Gasteiger partial charge in [-0.3, -0.25) is 9.59 Å². The van der Waals surface area contributed by atoms with Gasteiger partial charge in [0.05, 0.1) is 7.11 Å². The molecule has 0 saturated heterocycles. The minimum absolute atomic E-state index is 0.00936. The van der Waals surface area contributed by atoms with E-state index in [9.17, 15) is 9.59 Å². The van der Waals surface area contributed by atoms with Gasteiger partial charge in [-0.25, -0.2) is 0 Å². The van der Waals surface area contributed by atoms with Crippen LogP contribution in [0.15, 0.2) is 48.5 Å². The molecule has 5 nitrogen and oxygen atoms in total. The Kier molecular flexibility index (Phi) is 9.39. The van der Waals surface area contributed by atoms with Crippen molar-refractivity contribution in [3.05, 3.63) is 65.2 Å². The summed E-state index contributed by atoms with van der Waals surface area (Å²) in [6.45, 7) is 7.03. The van der Waals surface area contributed by atoms with Crippen molar-refractivity contribution in [1.82, 2.24) is 10.2 Å². The predicted octanol–water partition coefficient (Wildman–Crippen LogP) is 4.27. The number of ether oxygens (including phenoxy) is 1. The van der Waals surface area contributed by atoms with E-state index in [1.54, 1.807) is 12.0 Å². The number of aryl methyl sites for hydroxylation is 2. The van der Waals surface area contributed by atoms with Gasteiger partial charge in [0.2, 0.25) is 11.8 Å². The van der Waals surface area contributed by atoms with E-state index in [4.69, 9.17) is 4.74 Å². The van der Waals surface area contributed by atoms with Gasteiger partial charge >= 0.3 is 0 Å². The maximum absolute atomic E-state index is 13.2. The lowest BCUT2D eigenvalue weighted by molar-refractivity contribution is -0.141. The van der Waals surface area contributed by atoms with Crippen LogP contribution in [0.5, 0.6) is 5.75 Å². The van der Waals surface area contributed by atoms with E-state index in [1.165, 1.54) is 5.56 Å². The Labute approximate surface area is 180 Å². The third kappa shape index (κ3) is 6.90. The topological polar surface area (TPSA) is 58.6 Å². The lowest BCUT2D eigenvalue weighted by Crippen LogP contribution is -2.49. The summed E-state index contributed by atoms with van der Waals surface area (Å²) in [7, 11) is 1.63. The largest absolute Gasteiger partial charge is 0.497 e. The quantitative estimate of drug-likeness (QED) is 0.602. The first-order valence-electron chi connectivity index (χ1n) is 10.7. The van der Waals surface area contributed by atoms with Gasteiger partial charge in [0.25, 0.3) is 0 Å². The first-order chi connectivity index (χ1) is 14.5. The smallest absolute Gasteiger partial charge is 0.242 e. The molecule has 2 aromatic rings. The number of carbonyl (C=O) groups excluding carboxylic acids is 2. The van der Waals surface area contributed by atoms with Crippen LogP contribution < -0.4 is 10.1 Å². The number of amides is 2. The lowest BCUT2D eigenvalue weighted by atomic mass is 10.0. The van der Waals surface area contributed by atoms with E-state index in [1.807, 2.05) is 45.0 Å². The molecule has 0 saturated carbocycles. The Morgan fingerprint density at radius 2 is 1.63 bits per heavy atom. The molecule has 0 radical (unpaired) electrons. The summed E-state index contributed by atoms with van der Waals surface area (Å²) in [6.07, 6.45) is 2.46. The molecule has 1 atom stereocenters. The standard InChI is InChI=1S/C25H34N2O3/c1-5-17-26-25(29)23(6-2)27(18-21-11-14-22(30-4)15-12-21)24(28)16-13-20-9-7-19(3)8-10-20/h7-12,14-15,23H,5-6,13,16-18H2,1-4H3,(H,26,29). The molecule has 0 aliphatic rings. The molecule has 1 unspecified atom stereocenters. The first kappa shape index (κ1) is 23.5. The zero-order valence-electron chi connectivity index (χ0n) is 18.6. The Morgan fingerprint density at radius 3 is 2.20 bits per heavy atom. The minimum Gasteiger partial charge on any atom is -0.497 e. The van der Waals surface area contributed by atoms with Gasteiger partial charge in [0, 0.05) is 19.5 Å². The van der Waals surface area contributed by atoms with Crippen LogP contribution in [0.4, 0.5) is 0 Å². The Hall–Kier alpha value is -2.82. The third-order valence-electron chi connectivity index (χ3n) is 5.20. The molecule has 0 heterocycles. The van der Waals surface area contributed by atoms with Crippen LogP contribution >= 0.6 is 0 Å². The molecule has 2 rings (SSSR count). The van der Waals surface area contributed by atoms with Gasteiger partial charge in [-0.05, 0) is 49.4 Å². The van der Waals surface area contributed by atoms with Crippen LogP contribution in [0, 0.1) is 6.92 Å². The Balaban J connectivity index is 2.17. The number of hydrogen-bond acceptors (Lipinski definition) is 3. The van der Waals surface area contributed by atoms with Gasteiger partial charge in [-0.2, -0.15) is 0 Å². The predicted molar refractivity (Wildman–Crippen MR) is 120 cm³/mol. The zero-order valence-corrected chi connectivity index (χ0v) is 18.6. The maximum atomic E-state index is 13.2. The average molecular weight is 411 g/mol. The van der Waals surface area contributed by atoms with Crippen LogP contribution in [-0.4, -0.2) is 36.4 Å². The fraction of sp³-hybridized carbons (Fsp3) is 0.440. The third-order valence-corrected chi connectivity index (χ3v) is 5.20. The summed E-state index contributed by atoms with van der Waals surface area (Å²) in [6, 6.07) is 15.4. The van der Waals surface area contributed by atoms with E-state index < -0.39 is 6.04 Å².